The molecule has 1 aromatic heterocycles. The Balaban J connectivity index is 2.99. The fraction of sp³-hybridized carbons (Fsp3) is 0.333. The predicted octanol–water partition coefficient (Wildman–Crippen LogP) is -0.00282. The van der Waals surface area contributed by atoms with Gasteiger partial charge in [-0.05, 0) is 0 Å². The zero-order valence-corrected chi connectivity index (χ0v) is 7.55. The average Bonchev–Trinajstić information content (AvgIpc) is 2.29. The van der Waals surface area contributed by atoms with E-state index >= 15 is 0 Å². The van der Waals surface area contributed by atoms with Crippen LogP contribution >= 0.6 is 0 Å². The van der Waals surface area contributed by atoms with Crippen LogP contribution in [0.1, 0.15) is 5.56 Å². The number of rotatable bonds is 2. The van der Waals surface area contributed by atoms with Crippen LogP contribution in [0.2, 0.25) is 0 Å². The van der Waals surface area contributed by atoms with Crippen molar-refractivity contribution in [2.75, 3.05) is 11.0 Å². The van der Waals surface area contributed by atoms with Gasteiger partial charge in [0.05, 0.1) is 0 Å². The van der Waals surface area contributed by atoms with Gasteiger partial charge in [0.25, 0.3) is 0 Å². The third-order valence-electron chi connectivity index (χ3n) is 1.19. The molecule has 0 aliphatic rings. The average molecular weight is 184 g/mol. The number of nitrogens with zero attached hydrogens (tertiary/aromatic N) is 3. The summed E-state index contributed by atoms with van der Waals surface area (Å²) in [4.78, 5) is 0. The highest BCUT2D eigenvalue weighted by molar-refractivity contribution is 7.85. The zero-order valence-electron chi connectivity index (χ0n) is 6.74. The number of nitriles is 1. The van der Waals surface area contributed by atoms with Crippen molar-refractivity contribution in [3.63, 3.8) is 0 Å². The van der Waals surface area contributed by atoms with Crippen molar-refractivity contribution < 1.29 is 4.21 Å². The maximum Gasteiger partial charge on any atom is 0.177 e. The number of anilines is 1. The van der Waals surface area contributed by atoms with Gasteiger partial charge in [-0.3, -0.25) is 9.40 Å². The van der Waals surface area contributed by atoms with Gasteiger partial charge in [-0.2, -0.15) is 10.4 Å². The SMILES string of the molecule is Cn1cc(C#N)c(NS(C)=O)n1. The van der Waals surface area contributed by atoms with E-state index in [4.69, 9.17) is 5.26 Å². The zero-order chi connectivity index (χ0) is 9.14. The van der Waals surface area contributed by atoms with Crippen LogP contribution in [0.25, 0.3) is 0 Å². The van der Waals surface area contributed by atoms with Crippen molar-refractivity contribution in [2.45, 2.75) is 0 Å². The van der Waals surface area contributed by atoms with Crippen molar-refractivity contribution in [3.8, 4) is 6.07 Å². The molecule has 12 heavy (non-hydrogen) atoms. The largest absolute Gasteiger partial charge is 0.287 e. The molecule has 5 nitrogen and oxygen atoms in total. The second kappa shape index (κ2) is 3.36. The molecule has 0 radical (unpaired) electrons. The number of hydrogen-bond acceptors (Lipinski definition) is 3. The smallest absolute Gasteiger partial charge is 0.177 e. The summed E-state index contributed by atoms with van der Waals surface area (Å²) in [6, 6.07) is 1.94. The van der Waals surface area contributed by atoms with Crippen LogP contribution in [-0.4, -0.2) is 20.2 Å². The maximum absolute atomic E-state index is 10.7. The van der Waals surface area contributed by atoms with E-state index in [1.165, 1.54) is 10.9 Å². The molecule has 1 N–H and O–H groups in total. The minimum atomic E-state index is -1.19. The quantitative estimate of drug-likeness (QED) is 0.703. The number of hydrogen-bond donors (Lipinski definition) is 1. The van der Waals surface area contributed by atoms with Crippen molar-refractivity contribution in [2.24, 2.45) is 7.05 Å². The number of nitrogens with one attached hydrogen (secondary N) is 1. The summed E-state index contributed by atoms with van der Waals surface area (Å²) in [6.07, 6.45) is 3.05. The third kappa shape index (κ3) is 1.83. The molecule has 1 atom stereocenters. The van der Waals surface area contributed by atoms with Gasteiger partial charge in [0.2, 0.25) is 0 Å². The van der Waals surface area contributed by atoms with Crippen LogP contribution in [0.15, 0.2) is 6.20 Å². The molecule has 1 rings (SSSR count). The number of aryl methyl sites for hydroxylation is 1. The molecule has 6 heteroatoms. The van der Waals surface area contributed by atoms with Crippen LogP contribution in [0, 0.1) is 11.3 Å². The van der Waals surface area contributed by atoms with Gasteiger partial charge < -0.3 is 0 Å². The number of aromatic nitrogens is 2. The van der Waals surface area contributed by atoms with E-state index in [2.05, 4.69) is 9.82 Å². The lowest BCUT2D eigenvalue weighted by molar-refractivity contribution is 0.689. The van der Waals surface area contributed by atoms with Crippen molar-refractivity contribution in [3.05, 3.63) is 11.8 Å². The molecular weight excluding hydrogens is 176 g/mol. The Morgan fingerprint density at radius 2 is 2.50 bits per heavy atom. The second-order valence-electron chi connectivity index (χ2n) is 2.23. The monoisotopic (exact) mass is 184 g/mol. The lowest BCUT2D eigenvalue weighted by atomic mass is 10.4. The van der Waals surface area contributed by atoms with Crippen LogP contribution in [0.4, 0.5) is 5.82 Å². The summed E-state index contributed by atoms with van der Waals surface area (Å²) >= 11 is 0. The molecule has 0 saturated carbocycles. The first-order valence-electron chi connectivity index (χ1n) is 3.17. The fourth-order valence-electron chi connectivity index (χ4n) is 0.782. The normalized spacial score (nSPS) is 12.1. The molecule has 0 saturated heterocycles. The first-order chi connectivity index (χ1) is 5.63. The summed E-state index contributed by atoms with van der Waals surface area (Å²) in [5.41, 5.74) is 0.396. The minimum Gasteiger partial charge on any atom is -0.287 e. The third-order valence-corrected chi connectivity index (χ3v) is 1.67. The van der Waals surface area contributed by atoms with Crippen molar-refractivity contribution in [1.82, 2.24) is 9.78 Å². The molecule has 1 heterocycles. The lowest BCUT2D eigenvalue weighted by Crippen LogP contribution is -2.03. The summed E-state index contributed by atoms with van der Waals surface area (Å²) in [5.74, 6) is 0.362. The Morgan fingerprint density at radius 1 is 1.83 bits per heavy atom. The van der Waals surface area contributed by atoms with Gasteiger partial charge >= 0.3 is 0 Å². The Hall–Kier alpha value is -1.35. The summed E-state index contributed by atoms with van der Waals surface area (Å²) in [6.45, 7) is 0. The maximum atomic E-state index is 10.7. The van der Waals surface area contributed by atoms with Gasteiger partial charge in [0, 0.05) is 19.5 Å². The fourth-order valence-corrected chi connectivity index (χ4v) is 1.20. The Morgan fingerprint density at radius 3 is 3.00 bits per heavy atom. The highest BCUT2D eigenvalue weighted by Crippen LogP contribution is 2.10. The van der Waals surface area contributed by atoms with Crippen molar-refractivity contribution >= 4 is 16.8 Å². The summed E-state index contributed by atoms with van der Waals surface area (Å²) in [7, 11) is 0.507. The summed E-state index contributed by atoms with van der Waals surface area (Å²) in [5, 5.41) is 12.5. The molecule has 1 aromatic rings. The predicted molar refractivity (Wildman–Crippen MR) is 45.6 cm³/mol. The van der Waals surface area contributed by atoms with E-state index in [0.29, 0.717) is 11.4 Å². The van der Waals surface area contributed by atoms with Gasteiger partial charge in [-0.15, -0.1) is 0 Å². The van der Waals surface area contributed by atoms with Gasteiger partial charge in [0.1, 0.15) is 22.6 Å². The molecule has 0 bridgehead atoms. The van der Waals surface area contributed by atoms with Crippen LogP contribution < -0.4 is 4.72 Å². The Labute approximate surface area is 72.6 Å². The van der Waals surface area contributed by atoms with Crippen molar-refractivity contribution in [1.29, 1.82) is 5.26 Å². The molecule has 0 spiro atoms. The molecule has 64 valence electrons. The Bertz CT molecular complexity index is 351. The molecular formula is C6H8N4OS. The van der Waals surface area contributed by atoms with Crippen LogP contribution in [0.5, 0.6) is 0 Å². The van der Waals surface area contributed by atoms with E-state index in [9.17, 15) is 4.21 Å². The first-order valence-corrected chi connectivity index (χ1v) is 4.73. The molecule has 0 aromatic carbocycles. The lowest BCUT2D eigenvalue weighted by Gasteiger charge is -1.95. The van der Waals surface area contributed by atoms with Gasteiger partial charge in [0.15, 0.2) is 5.82 Å². The molecule has 0 amide bonds. The minimum absolute atomic E-state index is 0.362. The van der Waals surface area contributed by atoms with E-state index in [1.54, 1.807) is 13.2 Å². The highest BCUT2D eigenvalue weighted by Gasteiger charge is 2.06. The van der Waals surface area contributed by atoms with E-state index in [1.807, 2.05) is 6.07 Å². The van der Waals surface area contributed by atoms with Gasteiger partial charge in [-0.1, -0.05) is 0 Å². The van der Waals surface area contributed by atoms with Crippen LogP contribution in [0.3, 0.4) is 0 Å². The first kappa shape index (κ1) is 8.74. The topological polar surface area (TPSA) is 70.7 Å². The highest BCUT2D eigenvalue weighted by atomic mass is 32.2. The standard InChI is InChI=1S/C6H8N4OS/c1-10-4-5(3-7)6(8-10)9-12(2)11/h4H,1-2H3,(H,8,9). The molecule has 0 aliphatic carbocycles. The second-order valence-corrected chi connectivity index (χ2v) is 3.35. The van der Waals surface area contributed by atoms with E-state index in [-0.39, 0.29) is 0 Å². The van der Waals surface area contributed by atoms with E-state index < -0.39 is 11.0 Å². The molecule has 0 fully saturated rings. The van der Waals surface area contributed by atoms with E-state index in [0.717, 1.165) is 0 Å². The Kier molecular flexibility index (Phi) is 2.45. The molecule has 0 aliphatic heterocycles. The summed E-state index contributed by atoms with van der Waals surface area (Å²) < 4.78 is 14.8. The van der Waals surface area contributed by atoms with Crippen LogP contribution in [-0.2, 0) is 18.0 Å². The van der Waals surface area contributed by atoms with Gasteiger partial charge in [-0.25, -0.2) is 4.21 Å². The molecule has 1 unspecified atom stereocenters.